The number of aromatic nitrogens is 3. The van der Waals surface area contributed by atoms with Crippen LogP contribution in [0, 0.1) is 0 Å². The average Bonchev–Trinajstić information content (AvgIpc) is 3.51. The van der Waals surface area contributed by atoms with Crippen LogP contribution in [0.15, 0.2) is 30.7 Å². The van der Waals surface area contributed by atoms with Crippen LogP contribution in [0.5, 0.6) is 5.75 Å². The van der Waals surface area contributed by atoms with Crippen molar-refractivity contribution in [1.82, 2.24) is 19.4 Å². The number of ether oxygens (including phenoxy) is 2. The number of nitrogens with two attached hydrogens (primary N) is 1. The molecule has 10 heteroatoms. The molecule has 31 heavy (non-hydrogen) atoms. The lowest BCUT2D eigenvalue weighted by atomic mass is 10.2. The second kappa shape index (κ2) is 8.78. The Bertz CT molecular complexity index is 932. The Hall–Kier alpha value is -2.75. The number of alkyl halides is 3. The van der Waals surface area contributed by atoms with E-state index in [2.05, 4.69) is 25.8 Å². The lowest BCUT2D eigenvalue weighted by Crippen LogP contribution is -2.26. The summed E-state index contributed by atoms with van der Waals surface area (Å²) >= 11 is 0. The fourth-order valence-corrected chi connectivity index (χ4v) is 3.69. The highest BCUT2D eigenvalue weighted by molar-refractivity contribution is 5.64. The third kappa shape index (κ3) is 5.49. The van der Waals surface area contributed by atoms with Gasteiger partial charge in [0, 0.05) is 62.2 Å². The van der Waals surface area contributed by atoms with Gasteiger partial charge in [-0.25, -0.2) is 9.97 Å². The number of halogens is 3. The summed E-state index contributed by atoms with van der Waals surface area (Å²) in [5, 5.41) is 0. The second-order valence-corrected chi connectivity index (χ2v) is 7.88. The molecule has 4 rings (SSSR count). The zero-order valence-electron chi connectivity index (χ0n) is 17.2. The molecule has 0 amide bonds. The highest BCUT2D eigenvalue weighted by Gasteiger charge is 2.33. The van der Waals surface area contributed by atoms with Gasteiger partial charge in [0.15, 0.2) is 11.6 Å². The number of hydrogen-bond acceptors (Lipinski definition) is 6. The van der Waals surface area contributed by atoms with Crippen LogP contribution in [0.3, 0.4) is 0 Å². The molecule has 168 valence electrons. The molecule has 1 aliphatic heterocycles. The number of imidazole rings is 1. The summed E-state index contributed by atoms with van der Waals surface area (Å²) in [4.78, 5) is 10.8. The van der Waals surface area contributed by atoms with E-state index < -0.39 is 12.1 Å². The summed E-state index contributed by atoms with van der Waals surface area (Å²) in [5.74, 6) is 0.475. The smallest absolute Gasteiger partial charge is 0.402 e. The van der Waals surface area contributed by atoms with Crippen LogP contribution in [-0.4, -0.2) is 52.1 Å². The molecular weight excluding hydrogens is 411 g/mol. The van der Waals surface area contributed by atoms with Gasteiger partial charge in [0.2, 0.25) is 0 Å². The summed E-state index contributed by atoms with van der Waals surface area (Å²) < 4.78 is 49.5. The van der Waals surface area contributed by atoms with Gasteiger partial charge in [-0.3, -0.25) is 0 Å². The first-order valence-corrected chi connectivity index (χ1v) is 10.4. The first-order chi connectivity index (χ1) is 14.8. The minimum atomic E-state index is -4.84. The van der Waals surface area contributed by atoms with Gasteiger partial charge in [-0.05, 0) is 25.3 Å². The number of allylic oxidation sites excluding steroid dienone is 1. The van der Waals surface area contributed by atoms with E-state index in [0.29, 0.717) is 30.3 Å². The van der Waals surface area contributed by atoms with E-state index in [1.54, 1.807) is 0 Å². The molecule has 0 aromatic carbocycles. The molecule has 0 spiro atoms. The van der Waals surface area contributed by atoms with Gasteiger partial charge in [-0.2, -0.15) is 0 Å². The monoisotopic (exact) mass is 437 g/mol. The van der Waals surface area contributed by atoms with Crippen molar-refractivity contribution in [1.29, 1.82) is 0 Å². The van der Waals surface area contributed by atoms with Gasteiger partial charge in [0.25, 0.3) is 0 Å². The number of hydrogen-bond donors (Lipinski definition) is 1. The number of rotatable bonds is 7. The molecule has 2 fully saturated rings. The SMILES string of the molecule is C=C(CCn1cc(-c2cnc(N)c(OC(F)(F)F)c2)nc1C1CC1)N1CCCOCC1. The quantitative estimate of drug-likeness (QED) is 0.707. The third-order valence-electron chi connectivity index (χ3n) is 5.46. The average molecular weight is 437 g/mol. The van der Waals surface area contributed by atoms with Crippen LogP contribution >= 0.6 is 0 Å². The largest absolute Gasteiger partial charge is 0.573 e. The van der Waals surface area contributed by atoms with Gasteiger partial charge in [-0.1, -0.05) is 6.58 Å². The van der Waals surface area contributed by atoms with Crippen molar-refractivity contribution in [2.75, 3.05) is 32.0 Å². The van der Waals surface area contributed by atoms with Crippen LogP contribution in [-0.2, 0) is 11.3 Å². The van der Waals surface area contributed by atoms with Gasteiger partial charge >= 0.3 is 6.36 Å². The fraction of sp³-hybridized carbons (Fsp3) is 0.524. The van der Waals surface area contributed by atoms with Crippen LogP contribution in [0.25, 0.3) is 11.3 Å². The molecular formula is C21H26F3N5O2. The molecule has 2 N–H and O–H groups in total. The maximum Gasteiger partial charge on any atom is 0.573 e. The van der Waals surface area contributed by atoms with Gasteiger partial charge < -0.3 is 24.7 Å². The molecule has 3 heterocycles. The summed E-state index contributed by atoms with van der Waals surface area (Å²) in [6, 6.07) is 1.23. The second-order valence-electron chi connectivity index (χ2n) is 7.88. The molecule has 0 radical (unpaired) electrons. The summed E-state index contributed by atoms with van der Waals surface area (Å²) in [6.45, 7) is 8.18. The number of nitrogens with zero attached hydrogens (tertiary/aromatic N) is 4. The Morgan fingerprint density at radius 1 is 1.29 bits per heavy atom. The van der Waals surface area contributed by atoms with E-state index in [4.69, 9.17) is 15.5 Å². The predicted octanol–water partition coefficient (Wildman–Crippen LogP) is 3.93. The zero-order chi connectivity index (χ0) is 22.0. The van der Waals surface area contributed by atoms with Crippen LogP contribution in [0.2, 0.25) is 0 Å². The standard InChI is InChI=1S/C21H26F3N5O2/c1-14(28-6-2-9-30-10-8-28)5-7-29-13-17(27-20(29)15-3-4-15)16-11-18(19(25)26-12-16)31-21(22,23)24/h11-13,15H,1-10H2,(H2,25,26). The molecule has 7 nitrogen and oxygen atoms in total. The molecule has 2 aromatic heterocycles. The molecule has 1 aliphatic carbocycles. The lowest BCUT2D eigenvalue weighted by Gasteiger charge is -2.24. The zero-order valence-corrected chi connectivity index (χ0v) is 17.2. The van der Waals surface area contributed by atoms with Crippen LogP contribution < -0.4 is 10.5 Å². The van der Waals surface area contributed by atoms with E-state index >= 15 is 0 Å². The Morgan fingerprint density at radius 2 is 2.10 bits per heavy atom. The number of anilines is 1. The van der Waals surface area contributed by atoms with Crippen LogP contribution in [0.1, 0.15) is 37.4 Å². The van der Waals surface area contributed by atoms with Crippen molar-refractivity contribution in [2.24, 2.45) is 0 Å². The number of aryl methyl sites for hydroxylation is 1. The van der Waals surface area contributed by atoms with Crippen molar-refractivity contribution in [3.05, 3.63) is 36.6 Å². The maximum absolute atomic E-state index is 12.6. The molecule has 0 unspecified atom stereocenters. The Labute approximate surface area is 178 Å². The first kappa shape index (κ1) is 21.5. The Balaban J connectivity index is 1.51. The van der Waals surface area contributed by atoms with Gasteiger partial charge in [0.1, 0.15) is 5.82 Å². The first-order valence-electron chi connectivity index (χ1n) is 10.4. The van der Waals surface area contributed by atoms with Crippen molar-refractivity contribution in [3.63, 3.8) is 0 Å². The third-order valence-corrected chi connectivity index (χ3v) is 5.46. The molecule has 1 saturated heterocycles. The highest BCUT2D eigenvalue weighted by Crippen LogP contribution is 2.41. The molecule has 2 aliphatic rings. The van der Waals surface area contributed by atoms with Crippen molar-refractivity contribution in [3.8, 4) is 17.0 Å². The molecule has 1 saturated carbocycles. The molecule has 0 bridgehead atoms. The van der Waals surface area contributed by atoms with E-state index in [-0.39, 0.29) is 5.82 Å². The van der Waals surface area contributed by atoms with Crippen molar-refractivity contribution >= 4 is 5.82 Å². The summed E-state index contributed by atoms with van der Waals surface area (Å²) in [5.41, 5.74) is 7.58. The van der Waals surface area contributed by atoms with E-state index in [9.17, 15) is 13.2 Å². The summed E-state index contributed by atoms with van der Waals surface area (Å²) in [6.07, 6.45) is 2.29. The van der Waals surface area contributed by atoms with E-state index in [1.165, 1.54) is 12.3 Å². The molecule has 0 atom stereocenters. The summed E-state index contributed by atoms with van der Waals surface area (Å²) in [7, 11) is 0. The fourth-order valence-electron chi connectivity index (χ4n) is 3.69. The molecule has 2 aromatic rings. The van der Waals surface area contributed by atoms with E-state index in [0.717, 1.165) is 56.9 Å². The van der Waals surface area contributed by atoms with Gasteiger partial charge in [0.05, 0.1) is 12.3 Å². The predicted molar refractivity (Wildman–Crippen MR) is 109 cm³/mol. The van der Waals surface area contributed by atoms with E-state index in [1.807, 2.05) is 6.20 Å². The Morgan fingerprint density at radius 3 is 2.84 bits per heavy atom. The topological polar surface area (TPSA) is 78.4 Å². The minimum Gasteiger partial charge on any atom is -0.402 e. The number of pyridine rings is 1. The Kier molecular flexibility index (Phi) is 6.08. The number of nitrogen functional groups attached to an aromatic ring is 1. The van der Waals surface area contributed by atoms with Crippen molar-refractivity contribution in [2.45, 2.75) is 44.5 Å². The normalized spacial score (nSPS) is 17.5. The minimum absolute atomic E-state index is 0.319. The van der Waals surface area contributed by atoms with Gasteiger partial charge in [-0.15, -0.1) is 13.2 Å². The lowest BCUT2D eigenvalue weighted by molar-refractivity contribution is -0.274. The maximum atomic E-state index is 12.6. The highest BCUT2D eigenvalue weighted by atomic mass is 19.4. The van der Waals surface area contributed by atoms with Crippen molar-refractivity contribution < 1.29 is 22.6 Å². The van der Waals surface area contributed by atoms with Crippen LogP contribution in [0.4, 0.5) is 19.0 Å².